The molecule has 3 nitrogen and oxygen atoms in total. The van der Waals surface area contributed by atoms with Crippen molar-refractivity contribution in [2.24, 2.45) is 11.8 Å². The van der Waals surface area contributed by atoms with Gasteiger partial charge < -0.3 is 4.74 Å². The van der Waals surface area contributed by atoms with E-state index in [9.17, 15) is 0 Å². The number of methoxy groups -OCH3 is 1. The lowest BCUT2D eigenvalue weighted by Gasteiger charge is -2.41. The van der Waals surface area contributed by atoms with Gasteiger partial charge in [-0.2, -0.15) is 0 Å². The Kier molecular flexibility index (Phi) is 3.70. The van der Waals surface area contributed by atoms with Gasteiger partial charge in [-0.25, -0.2) is 10.1 Å². The second-order valence-electron chi connectivity index (χ2n) is 4.33. The molecule has 3 atom stereocenters. The molecule has 0 heterocycles. The van der Waals surface area contributed by atoms with Gasteiger partial charge in [0.05, 0.1) is 0 Å². The van der Waals surface area contributed by atoms with Crippen molar-refractivity contribution in [3.05, 3.63) is 12.2 Å². The van der Waals surface area contributed by atoms with Crippen molar-refractivity contribution in [1.82, 2.24) is 0 Å². The Morgan fingerprint density at radius 2 is 2.14 bits per heavy atom. The molecule has 0 amide bonds. The molecule has 1 aliphatic carbocycles. The maximum absolute atomic E-state index is 8.96. The highest BCUT2D eigenvalue weighted by Gasteiger charge is 2.44. The smallest absolute Gasteiger partial charge is 0.204 e. The SMILES string of the molecule is C=C(C)C1CC[C@H](C)[C@](OC)(OO)C1. The van der Waals surface area contributed by atoms with Crippen LogP contribution in [-0.2, 0) is 9.62 Å². The zero-order valence-corrected chi connectivity index (χ0v) is 9.25. The maximum atomic E-state index is 8.96. The molecule has 1 N–H and O–H groups in total. The maximum Gasteiger partial charge on any atom is 0.204 e. The fourth-order valence-corrected chi connectivity index (χ4v) is 2.19. The lowest BCUT2D eigenvalue weighted by Crippen LogP contribution is -2.46. The normalized spacial score (nSPS) is 38.3. The average Bonchev–Trinajstić information content (AvgIpc) is 2.19. The molecule has 0 aromatic heterocycles. The van der Waals surface area contributed by atoms with Crippen LogP contribution in [-0.4, -0.2) is 18.2 Å². The highest BCUT2D eigenvalue weighted by molar-refractivity contribution is 5.01. The van der Waals surface area contributed by atoms with E-state index < -0.39 is 5.79 Å². The molecule has 0 saturated heterocycles. The van der Waals surface area contributed by atoms with Crippen LogP contribution in [0.3, 0.4) is 0 Å². The van der Waals surface area contributed by atoms with Crippen LogP contribution in [0.4, 0.5) is 0 Å². The van der Waals surface area contributed by atoms with Crippen LogP contribution in [0.15, 0.2) is 12.2 Å². The van der Waals surface area contributed by atoms with Crippen molar-refractivity contribution in [3.8, 4) is 0 Å². The fourth-order valence-electron chi connectivity index (χ4n) is 2.19. The summed E-state index contributed by atoms with van der Waals surface area (Å²) in [6, 6.07) is 0. The zero-order chi connectivity index (χ0) is 10.8. The Hall–Kier alpha value is -0.380. The van der Waals surface area contributed by atoms with E-state index in [-0.39, 0.29) is 5.92 Å². The predicted molar refractivity (Wildman–Crippen MR) is 54.8 cm³/mol. The summed E-state index contributed by atoms with van der Waals surface area (Å²) in [5, 5.41) is 8.96. The Balaban J connectivity index is 2.76. The predicted octanol–water partition coefficient (Wildman–Crippen LogP) is 2.83. The lowest BCUT2D eigenvalue weighted by atomic mass is 9.75. The highest BCUT2D eigenvalue weighted by atomic mass is 17.1. The molecule has 3 heteroatoms. The molecule has 0 aliphatic heterocycles. The molecule has 1 aliphatic rings. The number of hydrogen-bond donors (Lipinski definition) is 1. The molecule has 1 rings (SSSR count). The van der Waals surface area contributed by atoms with Crippen LogP contribution in [0.25, 0.3) is 0 Å². The minimum absolute atomic E-state index is 0.216. The first-order valence-corrected chi connectivity index (χ1v) is 5.09. The minimum Gasteiger partial charge on any atom is -0.350 e. The fraction of sp³-hybridized carbons (Fsp3) is 0.818. The first-order valence-electron chi connectivity index (χ1n) is 5.09. The van der Waals surface area contributed by atoms with Crippen molar-refractivity contribution in [2.45, 2.75) is 38.9 Å². The largest absolute Gasteiger partial charge is 0.350 e. The average molecular weight is 200 g/mol. The summed E-state index contributed by atoms with van der Waals surface area (Å²) in [7, 11) is 1.58. The molecule has 1 saturated carbocycles. The van der Waals surface area contributed by atoms with Crippen molar-refractivity contribution >= 4 is 0 Å². The first-order chi connectivity index (χ1) is 6.55. The van der Waals surface area contributed by atoms with Gasteiger partial charge in [0.15, 0.2) is 0 Å². The minimum atomic E-state index is -0.831. The van der Waals surface area contributed by atoms with Gasteiger partial charge >= 0.3 is 0 Å². The standard InChI is InChI=1S/C11H20O3/c1-8(2)10-6-5-9(3)11(7-10,13-4)14-12/h9-10,12H,1,5-7H2,2-4H3/t9-,10?,11+/m0/s1. The Bertz CT molecular complexity index is 209. The molecule has 14 heavy (non-hydrogen) atoms. The van der Waals surface area contributed by atoms with Gasteiger partial charge in [0, 0.05) is 19.4 Å². The Labute approximate surface area is 85.6 Å². The van der Waals surface area contributed by atoms with Crippen LogP contribution in [0.5, 0.6) is 0 Å². The van der Waals surface area contributed by atoms with Gasteiger partial charge in [0.2, 0.25) is 5.79 Å². The van der Waals surface area contributed by atoms with E-state index in [0.717, 1.165) is 18.4 Å². The van der Waals surface area contributed by atoms with Crippen LogP contribution >= 0.6 is 0 Å². The topological polar surface area (TPSA) is 38.7 Å². The Morgan fingerprint density at radius 1 is 1.50 bits per heavy atom. The summed E-state index contributed by atoms with van der Waals surface area (Å²) in [5.74, 6) is -0.228. The second kappa shape index (κ2) is 4.43. The molecule has 0 radical (unpaired) electrons. The third kappa shape index (κ3) is 2.00. The number of ether oxygens (including phenoxy) is 1. The van der Waals surface area contributed by atoms with E-state index in [0.29, 0.717) is 12.3 Å². The Morgan fingerprint density at radius 3 is 2.57 bits per heavy atom. The summed E-state index contributed by atoms with van der Waals surface area (Å²) >= 11 is 0. The van der Waals surface area contributed by atoms with E-state index >= 15 is 0 Å². The van der Waals surface area contributed by atoms with Gasteiger partial charge in [0.1, 0.15) is 0 Å². The molecular weight excluding hydrogens is 180 g/mol. The van der Waals surface area contributed by atoms with Crippen LogP contribution in [0, 0.1) is 11.8 Å². The highest BCUT2D eigenvalue weighted by Crippen LogP contribution is 2.41. The van der Waals surface area contributed by atoms with E-state index in [1.165, 1.54) is 0 Å². The van der Waals surface area contributed by atoms with Crippen molar-refractivity contribution < 1.29 is 14.9 Å². The molecule has 0 spiro atoms. The quantitative estimate of drug-likeness (QED) is 0.329. The second-order valence-corrected chi connectivity index (χ2v) is 4.33. The molecular formula is C11H20O3. The summed E-state index contributed by atoms with van der Waals surface area (Å²) in [5.41, 5.74) is 1.13. The molecule has 82 valence electrons. The van der Waals surface area contributed by atoms with E-state index in [1.807, 2.05) is 13.8 Å². The number of allylic oxidation sites excluding steroid dienone is 1. The number of rotatable bonds is 3. The van der Waals surface area contributed by atoms with Gasteiger partial charge in [-0.3, -0.25) is 0 Å². The zero-order valence-electron chi connectivity index (χ0n) is 9.25. The third-order valence-corrected chi connectivity index (χ3v) is 3.43. The van der Waals surface area contributed by atoms with Crippen LogP contribution in [0.2, 0.25) is 0 Å². The van der Waals surface area contributed by atoms with Crippen LogP contribution < -0.4 is 0 Å². The van der Waals surface area contributed by atoms with Gasteiger partial charge in [0.25, 0.3) is 0 Å². The van der Waals surface area contributed by atoms with Crippen molar-refractivity contribution in [3.63, 3.8) is 0 Å². The van der Waals surface area contributed by atoms with Gasteiger partial charge in [-0.05, 0) is 25.7 Å². The summed E-state index contributed by atoms with van der Waals surface area (Å²) < 4.78 is 5.31. The molecule has 0 aromatic rings. The molecule has 0 aromatic carbocycles. The molecule has 1 fully saturated rings. The lowest BCUT2D eigenvalue weighted by molar-refractivity contribution is -0.422. The van der Waals surface area contributed by atoms with Gasteiger partial charge in [-0.1, -0.05) is 19.1 Å². The third-order valence-electron chi connectivity index (χ3n) is 3.43. The molecule has 1 unspecified atom stereocenters. The monoisotopic (exact) mass is 200 g/mol. The summed E-state index contributed by atoms with van der Waals surface area (Å²) in [6.07, 6.45) is 2.79. The number of hydrogen-bond acceptors (Lipinski definition) is 3. The molecule has 0 bridgehead atoms. The summed E-state index contributed by atoms with van der Waals surface area (Å²) in [6.45, 7) is 7.99. The van der Waals surface area contributed by atoms with Gasteiger partial charge in [-0.15, -0.1) is 0 Å². The van der Waals surface area contributed by atoms with Crippen molar-refractivity contribution in [1.29, 1.82) is 0 Å². The van der Waals surface area contributed by atoms with Crippen molar-refractivity contribution in [2.75, 3.05) is 7.11 Å². The van der Waals surface area contributed by atoms with Crippen LogP contribution in [0.1, 0.15) is 33.1 Å². The van der Waals surface area contributed by atoms with E-state index in [4.69, 9.17) is 9.99 Å². The van der Waals surface area contributed by atoms with E-state index in [1.54, 1.807) is 7.11 Å². The van der Waals surface area contributed by atoms with E-state index in [2.05, 4.69) is 11.5 Å². The first kappa shape index (κ1) is 11.7. The summed E-state index contributed by atoms with van der Waals surface area (Å²) in [4.78, 5) is 4.56.